The van der Waals surface area contributed by atoms with Crippen molar-refractivity contribution in [3.05, 3.63) is 62.8 Å². The molecule has 3 nitrogen and oxygen atoms in total. The monoisotopic (exact) mass is 385 g/mol. The van der Waals surface area contributed by atoms with Crippen molar-refractivity contribution >= 4 is 27.5 Å². The van der Waals surface area contributed by atoms with E-state index >= 15 is 0 Å². The van der Waals surface area contributed by atoms with Crippen LogP contribution in [0.15, 0.2) is 40.9 Å². The Balaban J connectivity index is 2.22. The van der Waals surface area contributed by atoms with Gasteiger partial charge in [-0.2, -0.15) is 0 Å². The molecule has 0 aromatic heterocycles. The summed E-state index contributed by atoms with van der Waals surface area (Å²) >= 11 is 9.35. The second kappa shape index (κ2) is 5.81. The Kier molecular flexibility index (Phi) is 4.16. The van der Waals surface area contributed by atoms with Crippen molar-refractivity contribution in [2.75, 3.05) is 13.7 Å². The molecule has 0 aliphatic carbocycles. The number of hydrogen-bond donors (Lipinski definition) is 1. The summed E-state index contributed by atoms with van der Waals surface area (Å²) in [6.07, 6.45) is -0.498. The van der Waals surface area contributed by atoms with Crippen molar-refractivity contribution in [2.24, 2.45) is 5.73 Å². The molecule has 2 atom stereocenters. The van der Waals surface area contributed by atoms with Crippen LogP contribution in [0.2, 0.25) is 5.02 Å². The van der Waals surface area contributed by atoms with E-state index in [0.29, 0.717) is 15.8 Å². The molecular formula is C16H14BrClFNO2. The van der Waals surface area contributed by atoms with Gasteiger partial charge in [0.2, 0.25) is 0 Å². The SMILES string of the molecule is CO[C@H]1c2c(cc(F)c(Cl)c2Br)O[C@]1(CN)c1ccccc1. The largest absolute Gasteiger partial charge is 0.478 e. The topological polar surface area (TPSA) is 44.5 Å². The molecule has 0 radical (unpaired) electrons. The molecule has 6 heteroatoms. The van der Waals surface area contributed by atoms with Crippen LogP contribution in [0.5, 0.6) is 5.75 Å². The lowest BCUT2D eigenvalue weighted by Crippen LogP contribution is -2.43. The molecule has 0 fully saturated rings. The van der Waals surface area contributed by atoms with Crippen LogP contribution in [0.4, 0.5) is 4.39 Å². The maximum Gasteiger partial charge on any atom is 0.176 e. The maximum atomic E-state index is 13.9. The number of rotatable bonds is 3. The summed E-state index contributed by atoms with van der Waals surface area (Å²) in [6, 6.07) is 10.8. The lowest BCUT2D eigenvalue weighted by Gasteiger charge is -2.33. The summed E-state index contributed by atoms with van der Waals surface area (Å²) in [5, 5.41) is 0.00489. The van der Waals surface area contributed by atoms with Gasteiger partial charge in [0.05, 0.1) is 5.02 Å². The maximum absolute atomic E-state index is 13.9. The van der Waals surface area contributed by atoms with E-state index in [4.69, 9.17) is 26.8 Å². The van der Waals surface area contributed by atoms with Crippen LogP contribution in [0.1, 0.15) is 17.2 Å². The molecule has 2 aromatic rings. The average molecular weight is 387 g/mol. The molecule has 22 heavy (non-hydrogen) atoms. The lowest BCUT2D eigenvalue weighted by molar-refractivity contribution is -0.0508. The molecular weight excluding hydrogens is 373 g/mol. The number of fused-ring (bicyclic) bond motifs is 1. The summed E-state index contributed by atoms with van der Waals surface area (Å²) in [6.45, 7) is 0.176. The number of nitrogens with two attached hydrogens (primary N) is 1. The van der Waals surface area contributed by atoms with E-state index in [2.05, 4.69) is 15.9 Å². The highest BCUT2D eigenvalue weighted by Crippen LogP contribution is 2.54. The van der Waals surface area contributed by atoms with Gasteiger partial charge >= 0.3 is 0 Å². The summed E-state index contributed by atoms with van der Waals surface area (Å²) in [5.41, 5.74) is 6.64. The Morgan fingerprint density at radius 3 is 2.68 bits per heavy atom. The summed E-state index contributed by atoms with van der Waals surface area (Å²) < 4.78 is 26.1. The quantitative estimate of drug-likeness (QED) is 0.805. The summed E-state index contributed by atoms with van der Waals surface area (Å²) in [4.78, 5) is 0. The molecule has 1 aliphatic rings. The Morgan fingerprint density at radius 2 is 2.09 bits per heavy atom. The molecule has 2 N–H and O–H groups in total. The first-order valence-electron chi connectivity index (χ1n) is 6.70. The first kappa shape index (κ1) is 15.7. The van der Waals surface area contributed by atoms with Gasteiger partial charge in [-0.3, -0.25) is 0 Å². The van der Waals surface area contributed by atoms with Gasteiger partial charge in [-0.1, -0.05) is 41.9 Å². The normalized spacial score (nSPS) is 23.2. The standard InChI is InChI=1S/C16H14BrClFNO2/c1-21-15-12-11(7-10(19)14(18)13(12)17)22-16(15,8-20)9-5-3-2-4-6-9/h2-7,15H,8,20H2,1H3/t15-,16+/m0/s1. The zero-order valence-electron chi connectivity index (χ0n) is 11.8. The van der Waals surface area contributed by atoms with Crippen molar-refractivity contribution in [1.82, 2.24) is 0 Å². The van der Waals surface area contributed by atoms with E-state index in [1.807, 2.05) is 30.3 Å². The Labute approximate surface area is 141 Å². The molecule has 2 aromatic carbocycles. The van der Waals surface area contributed by atoms with Crippen LogP contribution < -0.4 is 10.5 Å². The van der Waals surface area contributed by atoms with Crippen LogP contribution in [-0.4, -0.2) is 13.7 Å². The number of benzene rings is 2. The fraction of sp³-hybridized carbons (Fsp3) is 0.250. The Morgan fingerprint density at radius 1 is 1.41 bits per heavy atom. The lowest BCUT2D eigenvalue weighted by atomic mass is 9.86. The fourth-order valence-corrected chi connectivity index (χ4v) is 3.65. The van der Waals surface area contributed by atoms with Gasteiger partial charge < -0.3 is 15.2 Å². The molecule has 1 heterocycles. The third-order valence-electron chi connectivity index (χ3n) is 3.94. The minimum Gasteiger partial charge on any atom is -0.478 e. The van der Waals surface area contributed by atoms with E-state index < -0.39 is 17.5 Å². The number of hydrogen-bond acceptors (Lipinski definition) is 3. The fourth-order valence-electron chi connectivity index (χ4n) is 2.90. The van der Waals surface area contributed by atoms with E-state index in [9.17, 15) is 4.39 Å². The van der Waals surface area contributed by atoms with Crippen LogP contribution in [0.25, 0.3) is 0 Å². The van der Waals surface area contributed by atoms with Gasteiger partial charge in [-0.05, 0) is 21.5 Å². The highest BCUT2D eigenvalue weighted by molar-refractivity contribution is 9.10. The van der Waals surface area contributed by atoms with Crippen molar-refractivity contribution in [3.8, 4) is 5.75 Å². The Hall–Kier alpha value is -1.14. The first-order chi connectivity index (χ1) is 10.5. The summed E-state index contributed by atoms with van der Waals surface area (Å²) in [7, 11) is 1.57. The van der Waals surface area contributed by atoms with Gasteiger partial charge in [-0.25, -0.2) is 4.39 Å². The molecule has 1 aliphatic heterocycles. The van der Waals surface area contributed by atoms with E-state index in [-0.39, 0.29) is 11.6 Å². The third kappa shape index (κ3) is 2.15. The van der Waals surface area contributed by atoms with Gasteiger partial charge in [0, 0.05) is 29.8 Å². The number of methoxy groups -OCH3 is 1. The summed E-state index contributed by atoms with van der Waals surface area (Å²) in [5.74, 6) is -0.169. The van der Waals surface area contributed by atoms with Gasteiger partial charge in [0.1, 0.15) is 17.7 Å². The van der Waals surface area contributed by atoms with Crippen molar-refractivity contribution < 1.29 is 13.9 Å². The minimum atomic E-state index is -0.919. The number of ether oxygens (including phenoxy) is 2. The third-order valence-corrected chi connectivity index (χ3v) is 5.36. The molecule has 0 amide bonds. The predicted octanol–water partition coefficient (Wildman–Crippen LogP) is 4.18. The Bertz CT molecular complexity index is 713. The van der Waals surface area contributed by atoms with Gasteiger partial charge in [0.15, 0.2) is 5.60 Å². The van der Waals surface area contributed by atoms with Crippen LogP contribution in [-0.2, 0) is 10.3 Å². The molecule has 0 spiro atoms. The molecule has 3 rings (SSSR count). The van der Waals surface area contributed by atoms with Crippen LogP contribution >= 0.6 is 27.5 Å². The van der Waals surface area contributed by atoms with Crippen LogP contribution in [0, 0.1) is 5.82 Å². The van der Waals surface area contributed by atoms with Crippen molar-refractivity contribution in [1.29, 1.82) is 0 Å². The minimum absolute atomic E-state index is 0.00489. The second-order valence-corrected chi connectivity index (χ2v) is 6.25. The van der Waals surface area contributed by atoms with Crippen molar-refractivity contribution in [2.45, 2.75) is 11.7 Å². The highest BCUT2D eigenvalue weighted by Gasteiger charge is 2.51. The molecule has 116 valence electrons. The van der Waals surface area contributed by atoms with E-state index in [1.165, 1.54) is 6.07 Å². The second-order valence-electron chi connectivity index (χ2n) is 5.08. The number of halogens is 3. The van der Waals surface area contributed by atoms with Crippen LogP contribution in [0.3, 0.4) is 0 Å². The zero-order chi connectivity index (χ0) is 15.9. The van der Waals surface area contributed by atoms with E-state index in [0.717, 1.165) is 5.56 Å². The molecule has 0 saturated heterocycles. The average Bonchev–Trinajstić information content (AvgIpc) is 2.88. The molecule has 0 unspecified atom stereocenters. The molecule has 0 saturated carbocycles. The predicted molar refractivity (Wildman–Crippen MR) is 86.7 cm³/mol. The van der Waals surface area contributed by atoms with E-state index in [1.54, 1.807) is 7.11 Å². The first-order valence-corrected chi connectivity index (χ1v) is 7.87. The van der Waals surface area contributed by atoms with Gasteiger partial charge in [-0.15, -0.1) is 0 Å². The smallest absolute Gasteiger partial charge is 0.176 e. The highest BCUT2D eigenvalue weighted by atomic mass is 79.9. The zero-order valence-corrected chi connectivity index (χ0v) is 14.1. The molecule has 0 bridgehead atoms. The van der Waals surface area contributed by atoms with Crippen molar-refractivity contribution in [3.63, 3.8) is 0 Å². The van der Waals surface area contributed by atoms with Gasteiger partial charge in [0.25, 0.3) is 0 Å².